The van der Waals surface area contributed by atoms with E-state index in [1.54, 1.807) is 17.7 Å². The smallest absolute Gasteiger partial charge is 0.158 e. The third-order valence-corrected chi connectivity index (χ3v) is 5.51. The van der Waals surface area contributed by atoms with Gasteiger partial charge in [-0.15, -0.1) is 11.3 Å². The van der Waals surface area contributed by atoms with Gasteiger partial charge in [0.15, 0.2) is 5.82 Å². The molecule has 4 nitrogen and oxygen atoms in total. The summed E-state index contributed by atoms with van der Waals surface area (Å²) in [6.07, 6.45) is 5.08. The number of hydrazone groups is 1. The molecule has 6 heteroatoms. The molecular formula is C17H15ClN4S. The van der Waals surface area contributed by atoms with Crippen LogP contribution in [-0.2, 0) is 12.8 Å². The second-order valence-electron chi connectivity index (χ2n) is 5.58. The van der Waals surface area contributed by atoms with E-state index in [1.807, 2.05) is 31.2 Å². The predicted molar refractivity (Wildman–Crippen MR) is 96.7 cm³/mol. The van der Waals surface area contributed by atoms with Gasteiger partial charge in [0.2, 0.25) is 0 Å². The average molecular weight is 343 g/mol. The normalized spacial score (nSPS) is 14.3. The van der Waals surface area contributed by atoms with Crippen molar-refractivity contribution in [1.29, 1.82) is 0 Å². The molecule has 2 heterocycles. The highest BCUT2D eigenvalue weighted by Crippen LogP contribution is 2.38. The monoisotopic (exact) mass is 342 g/mol. The SMILES string of the molecule is C/C(=N/Nc1ncnc2sc3c(c12)CCC3)c1cccc(Cl)c1. The number of nitrogens with one attached hydrogen (secondary N) is 1. The molecule has 1 N–H and O–H groups in total. The lowest BCUT2D eigenvalue weighted by molar-refractivity contribution is 0.917. The Morgan fingerprint density at radius 3 is 3.09 bits per heavy atom. The summed E-state index contributed by atoms with van der Waals surface area (Å²) >= 11 is 7.81. The van der Waals surface area contributed by atoms with Crippen LogP contribution in [0, 0.1) is 0 Å². The summed E-state index contributed by atoms with van der Waals surface area (Å²) in [5.74, 6) is 0.788. The van der Waals surface area contributed by atoms with E-state index in [-0.39, 0.29) is 0 Å². The number of hydrogen-bond acceptors (Lipinski definition) is 5. The van der Waals surface area contributed by atoms with Gasteiger partial charge in [-0.3, -0.25) is 5.43 Å². The number of nitrogens with zero attached hydrogens (tertiary/aromatic N) is 3. The highest BCUT2D eigenvalue weighted by atomic mass is 35.5. The Bertz CT molecular complexity index is 916. The maximum Gasteiger partial charge on any atom is 0.158 e. The Kier molecular flexibility index (Phi) is 3.75. The molecule has 0 spiro atoms. The lowest BCUT2D eigenvalue weighted by atomic mass is 10.1. The zero-order valence-electron chi connectivity index (χ0n) is 12.6. The standard InChI is InChI=1S/C17H15ClN4S/c1-10(11-4-2-5-12(18)8-11)21-22-16-15-13-6-3-7-14(13)23-17(15)20-9-19-16/h2,4-5,8-9H,3,6-7H2,1H3,(H,19,20,22)/b21-10-. The summed E-state index contributed by atoms with van der Waals surface area (Å²) in [4.78, 5) is 11.3. The van der Waals surface area contributed by atoms with Gasteiger partial charge in [-0.05, 0) is 49.4 Å². The minimum atomic E-state index is 0.706. The second kappa shape index (κ2) is 5.91. The predicted octanol–water partition coefficient (Wildman–Crippen LogP) is 4.67. The molecule has 0 fully saturated rings. The average Bonchev–Trinajstić information content (AvgIpc) is 3.13. The molecule has 1 aromatic carbocycles. The largest absolute Gasteiger partial charge is 0.260 e. The number of aryl methyl sites for hydroxylation is 2. The molecule has 0 aliphatic heterocycles. The number of thiophene rings is 1. The molecule has 2 aromatic heterocycles. The Morgan fingerprint density at radius 1 is 1.30 bits per heavy atom. The molecule has 0 unspecified atom stereocenters. The van der Waals surface area contributed by atoms with E-state index >= 15 is 0 Å². The fourth-order valence-electron chi connectivity index (χ4n) is 2.93. The lowest BCUT2D eigenvalue weighted by Crippen LogP contribution is -2.01. The fourth-order valence-corrected chi connectivity index (χ4v) is 4.35. The number of halogens is 1. The summed E-state index contributed by atoms with van der Waals surface area (Å²) in [5, 5.41) is 6.32. The van der Waals surface area contributed by atoms with E-state index in [2.05, 4.69) is 20.5 Å². The molecule has 23 heavy (non-hydrogen) atoms. The van der Waals surface area contributed by atoms with Crippen LogP contribution in [0.25, 0.3) is 10.2 Å². The molecule has 3 aromatic rings. The minimum Gasteiger partial charge on any atom is -0.260 e. The molecule has 1 aliphatic carbocycles. The Labute approximate surface area is 143 Å². The molecular weight excluding hydrogens is 328 g/mol. The molecule has 116 valence electrons. The molecule has 1 aliphatic rings. The Balaban J connectivity index is 1.69. The van der Waals surface area contributed by atoms with Crippen molar-refractivity contribution in [3.8, 4) is 0 Å². The summed E-state index contributed by atoms with van der Waals surface area (Å²) in [6.45, 7) is 1.95. The third-order valence-electron chi connectivity index (χ3n) is 4.07. The van der Waals surface area contributed by atoms with E-state index in [0.717, 1.165) is 40.2 Å². The number of rotatable bonds is 3. The van der Waals surface area contributed by atoms with Crippen molar-refractivity contribution in [2.24, 2.45) is 5.10 Å². The van der Waals surface area contributed by atoms with Gasteiger partial charge in [0.25, 0.3) is 0 Å². The molecule has 4 rings (SSSR count). The van der Waals surface area contributed by atoms with Gasteiger partial charge in [0.05, 0.1) is 11.1 Å². The van der Waals surface area contributed by atoms with Crippen LogP contribution in [0.2, 0.25) is 5.02 Å². The number of anilines is 1. The van der Waals surface area contributed by atoms with Crippen molar-refractivity contribution in [2.75, 3.05) is 5.43 Å². The first-order chi connectivity index (χ1) is 11.2. The van der Waals surface area contributed by atoms with Crippen LogP contribution in [0.1, 0.15) is 29.3 Å². The van der Waals surface area contributed by atoms with Crippen molar-refractivity contribution in [1.82, 2.24) is 9.97 Å². The maximum absolute atomic E-state index is 6.04. The first-order valence-electron chi connectivity index (χ1n) is 7.54. The van der Waals surface area contributed by atoms with Gasteiger partial charge in [-0.2, -0.15) is 5.10 Å². The van der Waals surface area contributed by atoms with Crippen molar-refractivity contribution < 1.29 is 0 Å². The molecule has 0 saturated carbocycles. The van der Waals surface area contributed by atoms with E-state index in [0.29, 0.717) is 5.02 Å². The van der Waals surface area contributed by atoms with Gasteiger partial charge in [-0.25, -0.2) is 9.97 Å². The maximum atomic E-state index is 6.04. The van der Waals surface area contributed by atoms with Crippen molar-refractivity contribution in [3.63, 3.8) is 0 Å². The zero-order valence-corrected chi connectivity index (χ0v) is 14.2. The number of fused-ring (bicyclic) bond motifs is 3. The van der Waals surface area contributed by atoms with E-state index in [9.17, 15) is 0 Å². The van der Waals surface area contributed by atoms with Crippen molar-refractivity contribution in [2.45, 2.75) is 26.2 Å². The fraction of sp³-hybridized carbons (Fsp3) is 0.235. The summed E-state index contributed by atoms with van der Waals surface area (Å²) < 4.78 is 0. The quantitative estimate of drug-likeness (QED) is 0.556. The van der Waals surface area contributed by atoms with E-state index in [1.165, 1.54) is 16.9 Å². The van der Waals surface area contributed by atoms with E-state index < -0.39 is 0 Å². The van der Waals surface area contributed by atoms with Gasteiger partial charge in [-0.1, -0.05) is 23.7 Å². The van der Waals surface area contributed by atoms with Crippen molar-refractivity contribution in [3.05, 3.63) is 51.6 Å². The zero-order chi connectivity index (χ0) is 15.8. The van der Waals surface area contributed by atoms with Crippen LogP contribution < -0.4 is 5.43 Å². The van der Waals surface area contributed by atoms with Gasteiger partial charge >= 0.3 is 0 Å². The van der Waals surface area contributed by atoms with Crippen LogP contribution in [0.15, 0.2) is 35.7 Å². The van der Waals surface area contributed by atoms with Crippen molar-refractivity contribution >= 4 is 44.7 Å². The number of benzene rings is 1. The first-order valence-corrected chi connectivity index (χ1v) is 8.73. The number of hydrogen-bond donors (Lipinski definition) is 1. The van der Waals surface area contributed by atoms with Crippen LogP contribution in [-0.4, -0.2) is 15.7 Å². The topological polar surface area (TPSA) is 50.2 Å². The van der Waals surface area contributed by atoms with Crippen LogP contribution in [0.5, 0.6) is 0 Å². The Morgan fingerprint density at radius 2 is 2.22 bits per heavy atom. The van der Waals surface area contributed by atoms with Gasteiger partial charge in [0.1, 0.15) is 11.2 Å². The number of aromatic nitrogens is 2. The second-order valence-corrected chi connectivity index (χ2v) is 7.10. The lowest BCUT2D eigenvalue weighted by Gasteiger charge is -2.05. The molecule has 0 radical (unpaired) electrons. The minimum absolute atomic E-state index is 0.706. The highest BCUT2D eigenvalue weighted by Gasteiger charge is 2.21. The highest BCUT2D eigenvalue weighted by molar-refractivity contribution is 7.19. The van der Waals surface area contributed by atoms with Gasteiger partial charge in [0, 0.05) is 9.90 Å². The van der Waals surface area contributed by atoms with Crippen LogP contribution in [0.4, 0.5) is 5.82 Å². The first kappa shape index (κ1) is 14.6. The molecule has 0 bridgehead atoms. The molecule has 0 saturated heterocycles. The van der Waals surface area contributed by atoms with E-state index in [4.69, 9.17) is 11.6 Å². The summed E-state index contributed by atoms with van der Waals surface area (Å²) in [5.41, 5.74) is 6.37. The summed E-state index contributed by atoms with van der Waals surface area (Å²) in [7, 11) is 0. The van der Waals surface area contributed by atoms with Crippen LogP contribution in [0.3, 0.4) is 0 Å². The van der Waals surface area contributed by atoms with Crippen LogP contribution >= 0.6 is 22.9 Å². The molecule has 0 atom stereocenters. The summed E-state index contributed by atoms with van der Waals surface area (Å²) in [6, 6.07) is 7.67. The Hall–Kier alpha value is -1.98. The molecule has 0 amide bonds. The third kappa shape index (κ3) is 2.71. The van der Waals surface area contributed by atoms with Gasteiger partial charge < -0.3 is 0 Å².